The van der Waals surface area contributed by atoms with Gasteiger partial charge in [-0.25, -0.2) is 4.98 Å². The van der Waals surface area contributed by atoms with Crippen LogP contribution in [0, 0.1) is 0 Å². The standard InChI is InChI=1S/C19H21ClN4O2S/c20-14-2-1-12-10-24(11-13(12)9-14)19-22-16-5-8-27(25)17(16)18(23-19)21-15-3-6-26-7-4-15/h1-2,9,15H,3-8,10-11H2,(H,21,22,23). The maximum absolute atomic E-state index is 12.5. The van der Waals surface area contributed by atoms with Crippen molar-refractivity contribution in [3.8, 4) is 0 Å². The smallest absolute Gasteiger partial charge is 0.228 e. The van der Waals surface area contributed by atoms with Gasteiger partial charge in [0.05, 0.1) is 16.5 Å². The molecular weight excluding hydrogens is 384 g/mol. The van der Waals surface area contributed by atoms with E-state index in [2.05, 4.69) is 16.3 Å². The lowest BCUT2D eigenvalue weighted by Gasteiger charge is -2.25. The molecule has 27 heavy (non-hydrogen) atoms. The molecule has 0 bridgehead atoms. The summed E-state index contributed by atoms with van der Waals surface area (Å²) in [5.41, 5.74) is 3.39. The average Bonchev–Trinajstić information content (AvgIpc) is 3.26. The number of halogens is 1. The summed E-state index contributed by atoms with van der Waals surface area (Å²) in [5, 5.41) is 4.29. The van der Waals surface area contributed by atoms with Gasteiger partial charge in [0.15, 0.2) is 0 Å². The number of rotatable bonds is 3. The van der Waals surface area contributed by atoms with Crippen LogP contribution in [-0.4, -0.2) is 39.2 Å². The Labute approximate surface area is 165 Å². The quantitative estimate of drug-likeness (QED) is 0.848. The van der Waals surface area contributed by atoms with Crippen molar-refractivity contribution in [3.05, 3.63) is 40.0 Å². The van der Waals surface area contributed by atoms with Crippen LogP contribution < -0.4 is 10.2 Å². The molecule has 3 aliphatic heterocycles. The number of aryl methyl sites for hydroxylation is 1. The number of hydrogen-bond acceptors (Lipinski definition) is 6. The summed E-state index contributed by atoms with van der Waals surface area (Å²) < 4.78 is 18.0. The minimum Gasteiger partial charge on any atom is -0.381 e. The number of aromatic nitrogens is 2. The third kappa shape index (κ3) is 3.32. The minimum atomic E-state index is -1.02. The zero-order valence-electron chi connectivity index (χ0n) is 14.9. The largest absolute Gasteiger partial charge is 0.381 e. The predicted molar refractivity (Wildman–Crippen MR) is 106 cm³/mol. The van der Waals surface area contributed by atoms with Crippen LogP contribution in [0.15, 0.2) is 23.1 Å². The van der Waals surface area contributed by atoms with Gasteiger partial charge >= 0.3 is 0 Å². The van der Waals surface area contributed by atoms with Crippen LogP contribution >= 0.6 is 11.6 Å². The molecule has 0 radical (unpaired) electrons. The molecule has 2 aromatic rings. The van der Waals surface area contributed by atoms with Crippen LogP contribution in [0.1, 0.15) is 29.7 Å². The van der Waals surface area contributed by atoms with Gasteiger partial charge in [-0.3, -0.25) is 4.21 Å². The molecule has 1 aromatic heterocycles. The van der Waals surface area contributed by atoms with Gasteiger partial charge in [0.2, 0.25) is 5.95 Å². The van der Waals surface area contributed by atoms with E-state index < -0.39 is 10.8 Å². The third-order valence-corrected chi connectivity index (χ3v) is 7.11. The first kappa shape index (κ1) is 17.4. The molecule has 0 amide bonds. The number of nitrogens with one attached hydrogen (secondary N) is 1. The third-order valence-electron chi connectivity index (χ3n) is 5.41. The molecule has 5 rings (SSSR count). The molecule has 1 aromatic carbocycles. The Morgan fingerprint density at radius 2 is 2.00 bits per heavy atom. The second kappa shape index (κ2) is 7.04. The van der Waals surface area contributed by atoms with Crippen molar-refractivity contribution in [3.63, 3.8) is 0 Å². The Bertz CT molecular complexity index is 917. The second-order valence-corrected chi connectivity index (χ2v) is 9.19. The molecule has 1 N–H and O–H groups in total. The molecule has 1 atom stereocenters. The van der Waals surface area contributed by atoms with Crippen molar-refractivity contribution in [2.45, 2.75) is 43.3 Å². The van der Waals surface area contributed by atoms with Gasteiger partial charge in [-0.1, -0.05) is 17.7 Å². The summed E-state index contributed by atoms with van der Waals surface area (Å²) in [6.07, 6.45) is 2.62. The van der Waals surface area contributed by atoms with Crippen LogP contribution in [-0.2, 0) is 35.0 Å². The van der Waals surface area contributed by atoms with Crippen molar-refractivity contribution in [1.82, 2.24) is 9.97 Å². The maximum Gasteiger partial charge on any atom is 0.228 e. The van der Waals surface area contributed by atoms with Gasteiger partial charge in [-0.15, -0.1) is 0 Å². The number of benzene rings is 1. The molecule has 4 heterocycles. The molecule has 0 spiro atoms. The maximum atomic E-state index is 12.5. The number of fused-ring (bicyclic) bond motifs is 2. The lowest BCUT2D eigenvalue weighted by atomic mass is 10.1. The monoisotopic (exact) mass is 404 g/mol. The highest BCUT2D eigenvalue weighted by Crippen LogP contribution is 2.34. The number of ether oxygens (including phenoxy) is 1. The van der Waals surface area contributed by atoms with Crippen molar-refractivity contribution >= 4 is 34.2 Å². The van der Waals surface area contributed by atoms with E-state index in [0.29, 0.717) is 17.7 Å². The SMILES string of the molecule is O=S1CCc2nc(N3Cc4ccc(Cl)cc4C3)nc(NC3CCOCC3)c21. The van der Waals surface area contributed by atoms with Gasteiger partial charge in [0.1, 0.15) is 10.7 Å². The van der Waals surface area contributed by atoms with Gasteiger partial charge in [-0.2, -0.15) is 4.98 Å². The Morgan fingerprint density at radius 1 is 1.19 bits per heavy atom. The lowest BCUT2D eigenvalue weighted by Crippen LogP contribution is -2.29. The summed E-state index contributed by atoms with van der Waals surface area (Å²) in [5.74, 6) is 2.08. The van der Waals surface area contributed by atoms with Crippen molar-refractivity contribution in [2.24, 2.45) is 0 Å². The fourth-order valence-corrected chi connectivity index (χ4v) is 5.47. The minimum absolute atomic E-state index is 0.304. The summed E-state index contributed by atoms with van der Waals surface area (Å²) >= 11 is 6.14. The molecule has 1 saturated heterocycles. The molecular formula is C19H21ClN4O2S. The summed E-state index contributed by atoms with van der Waals surface area (Å²) in [4.78, 5) is 12.5. The van der Waals surface area contributed by atoms with Gasteiger partial charge in [0, 0.05) is 49.5 Å². The predicted octanol–water partition coefficient (Wildman–Crippen LogP) is 2.90. The van der Waals surface area contributed by atoms with Gasteiger partial charge in [-0.05, 0) is 36.1 Å². The Hall–Kier alpha value is -1.70. The van der Waals surface area contributed by atoms with Crippen LogP contribution in [0.2, 0.25) is 5.02 Å². The Kier molecular flexibility index (Phi) is 4.53. The molecule has 142 valence electrons. The van der Waals surface area contributed by atoms with E-state index in [-0.39, 0.29) is 0 Å². The average molecular weight is 405 g/mol. The van der Waals surface area contributed by atoms with Crippen LogP contribution in [0.4, 0.5) is 11.8 Å². The summed E-state index contributed by atoms with van der Waals surface area (Å²) in [6.45, 7) is 3.02. The van der Waals surface area contributed by atoms with Gasteiger partial charge < -0.3 is 15.0 Å². The molecule has 8 heteroatoms. The lowest BCUT2D eigenvalue weighted by molar-refractivity contribution is 0.0903. The van der Waals surface area contributed by atoms with E-state index in [1.807, 2.05) is 12.1 Å². The van der Waals surface area contributed by atoms with E-state index in [4.69, 9.17) is 26.3 Å². The topological polar surface area (TPSA) is 67.4 Å². The van der Waals surface area contributed by atoms with E-state index in [1.54, 1.807) is 0 Å². The first-order valence-corrected chi connectivity index (χ1v) is 11.0. The summed E-state index contributed by atoms with van der Waals surface area (Å²) in [7, 11) is -1.02. The number of anilines is 2. The van der Waals surface area contributed by atoms with E-state index in [9.17, 15) is 4.21 Å². The molecule has 6 nitrogen and oxygen atoms in total. The second-order valence-electron chi connectivity index (χ2n) is 7.25. The first-order chi connectivity index (χ1) is 13.2. The first-order valence-electron chi connectivity index (χ1n) is 9.33. The molecule has 3 aliphatic rings. The van der Waals surface area contributed by atoms with E-state index in [0.717, 1.165) is 67.0 Å². The van der Waals surface area contributed by atoms with Crippen LogP contribution in [0.3, 0.4) is 0 Å². The zero-order chi connectivity index (χ0) is 18.4. The van der Waals surface area contributed by atoms with Gasteiger partial charge in [0.25, 0.3) is 0 Å². The zero-order valence-corrected chi connectivity index (χ0v) is 16.5. The van der Waals surface area contributed by atoms with Crippen LogP contribution in [0.25, 0.3) is 0 Å². The normalized spacial score (nSPS) is 22.0. The fraction of sp³-hybridized carbons (Fsp3) is 0.474. The fourth-order valence-electron chi connectivity index (χ4n) is 3.96. The molecule has 1 fully saturated rings. The van der Waals surface area contributed by atoms with Crippen LogP contribution in [0.5, 0.6) is 0 Å². The highest BCUT2D eigenvalue weighted by atomic mass is 35.5. The number of nitrogens with zero attached hydrogens (tertiary/aromatic N) is 3. The molecule has 0 aliphatic carbocycles. The van der Waals surface area contributed by atoms with Crippen molar-refractivity contribution < 1.29 is 8.95 Å². The summed E-state index contributed by atoms with van der Waals surface area (Å²) in [6, 6.07) is 6.31. The number of hydrogen-bond donors (Lipinski definition) is 1. The Balaban J connectivity index is 1.47. The highest BCUT2D eigenvalue weighted by molar-refractivity contribution is 7.85. The van der Waals surface area contributed by atoms with E-state index >= 15 is 0 Å². The van der Waals surface area contributed by atoms with E-state index in [1.165, 1.54) is 11.1 Å². The highest BCUT2D eigenvalue weighted by Gasteiger charge is 2.30. The van der Waals surface area contributed by atoms with Crippen molar-refractivity contribution in [1.29, 1.82) is 0 Å². The molecule has 1 unspecified atom stereocenters. The molecule has 0 saturated carbocycles. The van der Waals surface area contributed by atoms with Crippen molar-refractivity contribution in [2.75, 3.05) is 29.2 Å². The Morgan fingerprint density at radius 3 is 2.85 bits per heavy atom.